The SMILES string of the molecule is COc1ccc(-c2nn(Cc3ccccc3)cc2C(=O)N2CCC(N)CC2)cc1. The highest BCUT2D eigenvalue weighted by Gasteiger charge is 2.26. The fourth-order valence-electron chi connectivity index (χ4n) is 3.66. The normalized spacial score (nSPS) is 14.8. The molecule has 0 spiro atoms. The number of amides is 1. The van der Waals surface area contributed by atoms with Crippen molar-refractivity contribution in [2.75, 3.05) is 20.2 Å². The summed E-state index contributed by atoms with van der Waals surface area (Å²) in [7, 11) is 1.64. The van der Waals surface area contributed by atoms with E-state index in [2.05, 4.69) is 12.1 Å². The van der Waals surface area contributed by atoms with Gasteiger partial charge in [-0.3, -0.25) is 9.48 Å². The summed E-state index contributed by atoms with van der Waals surface area (Å²) in [6.07, 6.45) is 3.53. The third-order valence-electron chi connectivity index (χ3n) is 5.37. The molecule has 0 radical (unpaired) electrons. The predicted molar refractivity (Wildman–Crippen MR) is 113 cm³/mol. The number of benzene rings is 2. The molecule has 2 aromatic carbocycles. The van der Waals surface area contributed by atoms with Gasteiger partial charge < -0.3 is 15.4 Å². The lowest BCUT2D eigenvalue weighted by molar-refractivity contribution is 0.0715. The summed E-state index contributed by atoms with van der Waals surface area (Å²) in [6.45, 7) is 1.99. The van der Waals surface area contributed by atoms with E-state index in [1.54, 1.807) is 7.11 Å². The van der Waals surface area contributed by atoms with Crippen LogP contribution in [0, 0.1) is 0 Å². The first-order valence-electron chi connectivity index (χ1n) is 9.94. The van der Waals surface area contributed by atoms with E-state index in [1.807, 2.05) is 58.2 Å². The largest absolute Gasteiger partial charge is 0.497 e. The molecule has 1 fully saturated rings. The summed E-state index contributed by atoms with van der Waals surface area (Å²) in [5, 5.41) is 4.77. The van der Waals surface area contributed by atoms with Crippen molar-refractivity contribution in [2.45, 2.75) is 25.4 Å². The molecular formula is C23H26N4O2. The predicted octanol–water partition coefficient (Wildman–Crippen LogP) is 3.17. The summed E-state index contributed by atoms with van der Waals surface area (Å²) in [6, 6.07) is 18.0. The Morgan fingerprint density at radius 2 is 1.79 bits per heavy atom. The number of nitrogens with two attached hydrogens (primary N) is 1. The van der Waals surface area contributed by atoms with E-state index < -0.39 is 0 Å². The minimum absolute atomic E-state index is 0.0158. The second kappa shape index (κ2) is 8.49. The number of methoxy groups -OCH3 is 1. The number of carbonyl (C=O) groups excluding carboxylic acids is 1. The summed E-state index contributed by atoms with van der Waals surface area (Å²) in [5.74, 6) is 0.789. The van der Waals surface area contributed by atoms with Gasteiger partial charge in [0.15, 0.2) is 0 Å². The van der Waals surface area contributed by atoms with Gasteiger partial charge in [-0.25, -0.2) is 0 Å². The number of ether oxygens (including phenoxy) is 1. The van der Waals surface area contributed by atoms with Crippen LogP contribution in [-0.2, 0) is 6.54 Å². The number of rotatable bonds is 5. The minimum atomic E-state index is 0.0158. The van der Waals surface area contributed by atoms with Crippen molar-refractivity contribution in [3.63, 3.8) is 0 Å². The maximum Gasteiger partial charge on any atom is 0.257 e. The van der Waals surface area contributed by atoms with Gasteiger partial charge in [-0.05, 0) is 42.7 Å². The molecule has 1 saturated heterocycles. The van der Waals surface area contributed by atoms with Crippen LogP contribution in [-0.4, -0.2) is 46.8 Å². The fraction of sp³-hybridized carbons (Fsp3) is 0.304. The highest BCUT2D eigenvalue weighted by molar-refractivity contribution is 5.99. The molecule has 1 aliphatic rings. The number of carbonyl (C=O) groups is 1. The van der Waals surface area contributed by atoms with E-state index in [9.17, 15) is 4.79 Å². The number of aromatic nitrogens is 2. The second-order valence-corrected chi connectivity index (χ2v) is 7.43. The van der Waals surface area contributed by atoms with Crippen molar-refractivity contribution in [3.05, 3.63) is 71.9 Å². The van der Waals surface area contributed by atoms with Gasteiger partial charge in [0.1, 0.15) is 11.4 Å². The van der Waals surface area contributed by atoms with Crippen molar-refractivity contribution in [1.29, 1.82) is 0 Å². The number of hydrogen-bond acceptors (Lipinski definition) is 4. The summed E-state index contributed by atoms with van der Waals surface area (Å²) in [4.78, 5) is 15.2. The molecule has 1 amide bonds. The van der Waals surface area contributed by atoms with E-state index >= 15 is 0 Å². The molecule has 1 aromatic heterocycles. The van der Waals surface area contributed by atoms with Crippen LogP contribution in [0.3, 0.4) is 0 Å². The molecule has 4 rings (SSSR count). The molecule has 6 nitrogen and oxygen atoms in total. The first kappa shape index (κ1) is 19.2. The van der Waals surface area contributed by atoms with E-state index in [1.165, 1.54) is 0 Å². The van der Waals surface area contributed by atoms with Crippen LogP contribution < -0.4 is 10.5 Å². The molecule has 150 valence electrons. The Morgan fingerprint density at radius 3 is 2.45 bits per heavy atom. The van der Waals surface area contributed by atoms with Crippen LogP contribution in [0.1, 0.15) is 28.8 Å². The Labute approximate surface area is 170 Å². The van der Waals surface area contributed by atoms with Gasteiger partial charge in [-0.2, -0.15) is 5.10 Å². The summed E-state index contributed by atoms with van der Waals surface area (Å²) in [5.41, 5.74) is 9.37. The van der Waals surface area contributed by atoms with Crippen LogP contribution in [0.2, 0.25) is 0 Å². The lowest BCUT2D eigenvalue weighted by Crippen LogP contribution is -2.42. The fourth-order valence-corrected chi connectivity index (χ4v) is 3.66. The lowest BCUT2D eigenvalue weighted by Gasteiger charge is -2.30. The van der Waals surface area contributed by atoms with E-state index in [0.717, 1.165) is 29.7 Å². The molecular weight excluding hydrogens is 364 g/mol. The average molecular weight is 390 g/mol. The van der Waals surface area contributed by atoms with Crippen molar-refractivity contribution in [2.24, 2.45) is 5.73 Å². The van der Waals surface area contributed by atoms with Gasteiger partial charge in [0.25, 0.3) is 5.91 Å². The Kier molecular flexibility index (Phi) is 5.62. The first-order chi connectivity index (χ1) is 14.1. The van der Waals surface area contributed by atoms with Gasteiger partial charge in [0.2, 0.25) is 0 Å². The van der Waals surface area contributed by atoms with Gasteiger partial charge in [0.05, 0.1) is 19.2 Å². The lowest BCUT2D eigenvalue weighted by atomic mass is 10.0. The Morgan fingerprint density at radius 1 is 1.10 bits per heavy atom. The van der Waals surface area contributed by atoms with E-state index in [0.29, 0.717) is 30.9 Å². The maximum absolute atomic E-state index is 13.3. The molecule has 2 heterocycles. The molecule has 0 bridgehead atoms. The molecule has 0 aliphatic carbocycles. The molecule has 0 atom stereocenters. The van der Waals surface area contributed by atoms with Crippen LogP contribution in [0.25, 0.3) is 11.3 Å². The third kappa shape index (κ3) is 4.32. The molecule has 0 saturated carbocycles. The molecule has 1 aliphatic heterocycles. The Bertz CT molecular complexity index is 958. The summed E-state index contributed by atoms with van der Waals surface area (Å²) < 4.78 is 7.10. The number of hydrogen-bond donors (Lipinski definition) is 1. The van der Waals surface area contributed by atoms with E-state index in [4.69, 9.17) is 15.6 Å². The first-order valence-corrected chi connectivity index (χ1v) is 9.94. The van der Waals surface area contributed by atoms with E-state index in [-0.39, 0.29) is 11.9 Å². The molecule has 2 N–H and O–H groups in total. The van der Waals surface area contributed by atoms with Gasteiger partial charge in [-0.1, -0.05) is 30.3 Å². The van der Waals surface area contributed by atoms with Gasteiger partial charge in [-0.15, -0.1) is 0 Å². The Balaban J connectivity index is 1.67. The quantitative estimate of drug-likeness (QED) is 0.726. The molecule has 6 heteroatoms. The number of piperidine rings is 1. The smallest absolute Gasteiger partial charge is 0.257 e. The number of nitrogens with zero attached hydrogens (tertiary/aromatic N) is 3. The summed E-state index contributed by atoms with van der Waals surface area (Å²) >= 11 is 0. The number of likely N-dealkylation sites (tertiary alicyclic amines) is 1. The van der Waals surface area contributed by atoms with Gasteiger partial charge in [0, 0.05) is 30.9 Å². The van der Waals surface area contributed by atoms with Gasteiger partial charge >= 0.3 is 0 Å². The van der Waals surface area contributed by atoms with Crippen molar-refractivity contribution in [3.8, 4) is 17.0 Å². The highest BCUT2D eigenvalue weighted by atomic mass is 16.5. The third-order valence-corrected chi connectivity index (χ3v) is 5.37. The monoisotopic (exact) mass is 390 g/mol. The average Bonchev–Trinajstić information content (AvgIpc) is 3.18. The minimum Gasteiger partial charge on any atom is -0.497 e. The van der Waals surface area contributed by atoms with Crippen LogP contribution in [0.5, 0.6) is 5.75 Å². The maximum atomic E-state index is 13.3. The molecule has 3 aromatic rings. The van der Waals surface area contributed by atoms with Crippen LogP contribution in [0.4, 0.5) is 0 Å². The van der Waals surface area contributed by atoms with Crippen molar-refractivity contribution >= 4 is 5.91 Å². The van der Waals surface area contributed by atoms with Crippen LogP contribution >= 0.6 is 0 Å². The molecule has 29 heavy (non-hydrogen) atoms. The van der Waals surface area contributed by atoms with Crippen molar-refractivity contribution < 1.29 is 9.53 Å². The Hall–Kier alpha value is -3.12. The standard InChI is InChI=1S/C23H26N4O2/c1-29-20-9-7-18(8-10-20)22-21(23(28)26-13-11-19(24)12-14-26)16-27(25-22)15-17-5-3-2-4-6-17/h2-10,16,19H,11-15,24H2,1H3. The highest BCUT2D eigenvalue weighted by Crippen LogP contribution is 2.27. The topological polar surface area (TPSA) is 73.4 Å². The molecule has 0 unspecified atom stereocenters. The zero-order valence-corrected chi connectivity index (χ0v) is 16.6. The zero-order chi connectivity index (χ0) is 20.2. The van der Waals surface area contributed by atoms with Crippen molar-refractivity contribution in [1.82, 2.24) is 14.7 Å². The van der Waals surface area contributed by atoms with Crippen LogP contribution in [0.15, 0.2) is 60.8 Å². The second-order valence-electron chi connectivity index (χ2n) is 7.43. The zero-order valence-electron chi connectivity index (χ0n) is 16.6.